The molecule has 1 heterocycles. The number of carbonyl (C=O) groups is 3. The lowest BCUT2D eigenvalue weighted by Gasteiger charge is -2.29. The molecule has 7 nitrogen and oxygen atoms in total. The van der Waals surface area contributed by atoms with Gasteiger partial charge in [0.25, 0.3) is 5.91 Å². The number of nitrogens with one attached hydrogen (secondary N) is 2. The van der Waals surface area contributed by atoms with Crippen molar-refractivity contribution in [2.24, 2.45) is 5.92 Å². The van der Waals surface area contributed by atoms with Crippen molar-refractivity contribution in [2.75, 3.05) is 11.9 Å². The van der Waals surface area contributed by atoms with Gasteiger partial charge in [0.1, 0.15) is 6.04 Å². The van der Waals surface area contributed by atoms with Crippen LogP contribution in [0.15, 0.2) is 18.2 Å². The highest BCUT2D eigenvalue weighted by molar-refractivity contribution is 5.98. The third-order valence-corrected chi connectivity index (χ3v) is 6.10. The van der Waals surface area contributed by atoms with Gasteiger partial charge in [0.15, 0.2) is 6.17 Å². The Morgan fingerprint density at radius 2 is 2.00 bits per heavy atom. The van der Waals surface area contributed by atoms with E-state index in [0.29, 0.717) is 31.5 Å². The van der Waals surface area contributed by atoms with E-state index in [1.54, 1.807) is 0 Å². The third-order valence-electron chi connectivity index (χ3n) is 6.10. The van der Waals surface area contributed by atoms with Crippen LogP contribution >= 0.6 is 0 Å². The van der Waals surface area contributed by atoms with Crippen LogP contribution in [0.2, 0.25) is 0 Å². The zero-order valence-corrected chi connectivity index (χ0v) is 17.3. The molecule has 1 saturated heterocycles. The van der Waals surface area contributed by atoms with E-state index < -0.39 is 29.9 Å². The maximum Gasteiger partial charge on any atom is 0.278 e. The fourth-order valence-corrected chi connectivity index (χ4v) is 4.45. The number of aryl methyl sites for hydroxylation is 2. The number of halogens is 1. The Balaban J connectivity index is 1.71. The number of unbranched alkanes of at least 4 members (excludes halogenated alkanes) is 1. The number of rotatable bonds is 8. The first kappa shape index (κ1) is 22.2. The molecule has 0 aromatic heterocycles. The summed E-state index contributed by atoms with van der Waals surface area (Å²) in [5.74, 6) is -3.30. The summed E-state index contributed by atoms with van der Waals surface area (Å²) in [5.41, 5.74) is 4.53. The van der Waals surface area contributed by atoms with Crippen LogP contribution in [0.4, 0.5) is 10.1 Å². The Bertz CT molecular complexity index is 801. The maximum atomic E-state index is 14.6. The summed E-state index contributed by atoms with van der Waals surface area (Å²) in [7, 11) is 0. The minimum absolute atomic E-state index is 0.180. The average molecular weight is 419 g/mol. The second kappa shape index (κ2) is 10.0. The Morgan fingerprint density at radius 1 is 1.23 bits per heavy atom. The second-order valence-electron chi connectivity index (χ2n) is 8.14. The number of likely N-dealkylation sites (tertiary alicyclic amines) is 1. The van der Waals surface area contributed by atoms with Crippen LogP contribution in [-0.4, -0.2) is 46.6 Å². The maximum absolute atomic E-state index is 14.6. The molecule has 3 rings (SSSR count). The summed E-state index contributed by atoms with van der Waals surface area (Å²) < 4.78 is 14.6. The Hall–Kier alpha value is -2.48. The van der Waals surface area contributed by atoms with E-state index >= 15 is 0 Å². The molecule has 0 bridgehead atoms. The van der Waals surface area contributed by atoms with Crippen LogP contribution in [0.3, 0.4) is 0 Å². The lowest BCUT2D eigenvalue weighted by atomic mass is 9.94. The van der Waals surface area contributed by atoms with Gasteiger partial charge in [-0.05, 0) is 61.8 Å². The van der Waals surface area contributed by atoms with Gasteiger partial charge in [0.05, 0.1) is 5.92 Å². The second-order valence-corrected chi connectivity index (χ2v) is 8.14. The molecule has 0 spiro atoms. The van der Waals surface area contributed by atoms with Crippen molar-refractivity contribution in [1.82, 2.24) is 10.4 Å². The minimum atomic E-state index is -2.16. The summed E-state index contributed by atoms with van der Waals surface area (Å²) in [6, 6.07) is 5.18. The lowest BCUT2D eigenvalue weighted by molar-refractivity contribution is -0.148. The molecule has 3 atom stereocenters. The molecule has 3 N–H and O–H groups in total. The van der Waals surface area contributed by atoms with Crippen LogP contribution in [-0.2, 0) is 27.2 Å². The molecule has 2 aliphatic rings. The predicted molar refractivity (Wildman–Crippen MR) is 110 cm³/mol. The van der Waals surface area contributed by atoms with E-state index in [0.717, 1.165) is 25.7 Å². The number of amides is 3. The van der Waals surface area contributed by atoms with Crippen molar-refractivity contribution >= 4 is 23.4 Å². The van der Waals surface area contributed by atoms with Crippen molar-refractivity contribution in [2.45, 2.75) is 70.5 Å². The van der Waals surface area contributed by atoms with Crippen molar-refractivity contribution in [3.05, 3.63) is 29.3 Å². The highest BCUT2D eigenvalue weighted by atomic mass is 19.1. The molecular formula is C22H30FN3O4. The van der Waals surface area contributed by atoms with Gasteiger partial charge in [-0.1, -0.05) is 25.8 Å². The third kappa shape index (κ3) is 4.80. The van der Waals surface area contributed by atoms with Gasteiger partial charge in [-0.2, -0.15) is 0 Å². The SMILES string of the molecule is CCCC[C@@H](C(=O)N1CCCC1C(=O)Nc1ccc2c(c1)CCC2)[C@@H](F)C(=O)NO. The van der Waals surface area contributed by atoms with E-state index in [4.69, 9.17) is 5.21 Å². The minimum Gasteiger partial charge on any atom is -0.330 e. The number of hydrogen-bond donors (Lipinski definition) is 3. The lowest BCUT2D eigenvalue weighted by Crippen LogP contribution is -2.49. The molecule has 0 saturated carbocycles. The molecule has 3 amide bonds. The monoisotopic (exact) mass is 419 g/mol. The first-order valence-corrected chi connectivity index (χ1v) is 10.8. The molecule has 1 aliphatic heterocycles. The van der Waals surface area contributed by atoms with Gasteiger partial charge in [-0.25, -0.2) is 9.87 Å². The number of nitrogens with zero attached hydrogens (tertiary/aromatic N) is 1. The summed E-state index contributed by atoms with van der Waals surface area (Å²) in [6.45, 7) is 2.25. The zero-order chi connectivity index (χ0) is 21.7. The van der Waals surface area contributed by atoms with E-state index in [9.17, 15) is 18.8 Å². The van der Waals surface area contributed by atoms with Crippen molar-refractivity contribution in [3.63, 3.8) is 0 Å². The average Bonchev–Trinajstić information content (AvgIpc) is 3.42. The van der Waals surface area contributed by atoms with Crippen molar-refractivity contribution in [1.29, 1.82) is 0 Å². The summed E-state index contributed by atoms with van der Waals surface area (Å²) >= 11 is 0. The molecule has 1 aromatic carbocycles. The molecular weight excluding hydrogens is 389 g/mol. The van der Waals surface area contributed by atoms with E-state index in [-0.39, 0.29) is 12.3 Å². The predicted octanol–water partition coefficient (Wildman–Crippen LogP) is 2.75. The van der Waals surface area contributed by atoms with Gasteiger partial charge in [0.2, 0.25) is 11.8 Å². The fourth-order valence-electron chi connectivity index (χ4n) is 4.45. The van der Waals surface area contributed by atoms with E-state index in [1.165, 1.54) is 21.5 Å². The summed E-state index contributed by atoms with van der Waals surface area (Å²) in [5, 5.41) is 11.7. The van der Waals surface area contributed by atoms with Gasteiger partial charge in [-0.3, -0.25) is 19.6 Å². The highest BCUT2D eigenvalue weighted by Crippen LogP contribution is 2.28. The van der Waals surface area contributed by atoms with Crippen LogP contribution in [0.25, 0.3) is 0 Å². The zero-order valence-electron chi connectivity index (χ0n) is 17.3. The first-order chi connectivity index (χ1) is 14.5. The number of alkyl halides is 1. The number of carbonyl (C=O) groups excluding carboxylic acids is 3. The van der Waals surface area contributed by atoms with E-state index in [2.05, 4.69) is 5.32 Å². The molecule has 8 heteroatoms. The molecule has 164 valence electrons. The van der Waals surface area contributed by atoms with Gasteiger partial charge in [0, 0.05) is 12.2 Å². The quantitative estimate of drug-likeness (QED) is 0.446. The molecule has 1 fully saturated rings. The normalized spacial score (nSPS) is 19.8. The Morgan fingerprint density at radius 3 is 2.73 bits per heavy atom. The number of anilines is 1. The number of fused-ring (bicyclic) bond motifs is 1. The highest BCUT2D eigenvalue weighted by Gasteiger charge is 2.41. The number of benzene rings is 1. The van der Waals surface area contributed by atoms with Crippen LogP contribution < -0.4 is 10.8 Å². The molecule has 1 aliphatic carbocycles. The number of hydrogen-bond acceptors (Lipinski definition) is 4. The molecule has 1 aromatic rings. The van der Waals surface area contributed by atoms with Gasteiger partial charge >= 0.3 is 0 Å². The fraction of sp³-hybridized carbons (Fsp3) is 0.591. The molecule has 30 heavy (non-hydrogen) atoms. The van der Waals surface area contributed by atoms with E-state index in [1.807, 2.05) is 25.1 Å². The summed E-state index contributed by atoms with van der Waals surface area (Å²) in [6.07, 6.45) is 3.62. The topological polar surface area (TPSA) is 98.7 Å². The Labute approximate surface area is 176 Å². The van der Waals surface area contributed by atoms with Crippen LogP contribution in [0, 0.1) is 5.92 Å². The molecule has 0 radical (unpaired) electrons. The van der Waals surface area contributed by atoms with Crippen molar-refractivity contribution < 1.29 is 24.0 Å². The largest absolute Gasteiger partial charge is 0.330 e. The summed E-state index contributed by atoms with van der Waals surface area (Å²) in [4.78, 5) is 39.0. The van der Waals surface area contributed by atoms with Crippen molar-refractivity contribution in [3.8, 4) is 0 Å². The number of hydroxylamine groups is 1. The smallest absolute Gasteiger partial charge is 0.278 e. The Kier molecular flexibility index (Phi) is 7.42. The van der Waals surface area contributed by atoms with Gasteiger partial charge < -0.3 is 10.2 Å². The first-order valence-electron chi connectivity index (χ1n) is 10.8. The van der Waals surface area contributed by atoms with Crippen LogP contribution in [0.5, 0.6) is 0 Å². The van der Waals surface area contributed by atoms with Crippen LogP contribution in [0.1, 0.15) is 56.6 Å². The van der Waals surface area contributed by atoms with Gasteiger partial charge in [-0.15, -0.1) is 0 Å². The molecule has 1 unspecified atom stereocenters. The standard InChI is InChI=1S/C22H30FN3O4/c1-2-3-8-17(19(23)21(28)25-30)22(29)26-12-5-9-18(26)20(27)24-16-11-10-14-6-4-7-15(14)13-16/h10-11,13,17-19,30H,2-9,12H2,1H3,(H,24,27)(H,25,28)/t17-,18?,19-/m1/s1.